The van der Waals surface area contributed by atoms with Gasteiger partial charge in [0.05, 0.1) is 22.9 Å². The van der Waals surface area contributed by atoms with E-state index < -0.39 is 21.1 Å². The van der Waals surface area contributed by atoms with Crippen LogP contribution in [-0.4, -0.2) is 55.1 Å². The molecule has 1 aromatic heterocycles. The van der Waals surface area contributed by atoms with E-state index in [1.165, 1.54) is 11.3 Å². The van der Waals surface area contributed by atoms with E-state index >= 15 is 0 Å². The molecule has 1 spiro atoms. The fraction of sp³-hybridized carbons (Fsp3) is 0.786. The maximum absolute atomic E-state index is 12.6. The van der Waals surface area contributed by atoms with Crippen LogP contribution in [0.4, 0.5) is 13.2 Å². The molecule has 0 unspecified atom stereocenters. The Balaban J connectivity index is 1.49. The minimum Gasteiger partial charge on any atom is -0.375 e. The van der Waals surface area contributed by atoms with Gasteiger partial charge in [0.1, 0.15) is 0 Å². The Bertz CT molecular complexity index is 714. The number of thiazole rings is 1. The summed E-state index contributed by atoms with van der Waals surface area (Å²) in [7, 11) is -5.27. The number of rotatable bonds is 6. The van der Waals surface area contributed by atoms with Crippen molar-refractivity contribution in [2.45, 2.75) is 37.5 Å². The molecule has 0 aliphatic carbocycles. The van der Waals surface area contributed by atoms with Crippen LogP contribution in [0.3, 0.4) is 0 Å². The molecule has 0 saturated carbocycles. The molecule has 0 radical (unpaired) electrons. The molecule has 3 rings (SSSR count). The zero-order chi connectivity index (χ0) is 18.3. The molecule has 3 heterocycles. The van der Waals surface area contributed by atoms with Gasteiger partial charge in [0, 0.05) is 31.7 Å². The third-order valence-corrected chi connectivity index (χ3v) is 6.99. The van der Waals surface area contributed by atoms with Crippen LogP contribution in [0.1, 0.15) is 23.5 Å². The number of hydrogen-bond donors (Lipinski definition) is 0. The highest BCUT2D eigenvalue weighted by Gasteiger charge is 2.61. The molecule has 0 amide bonds. The summed E-state index contributed by atoms with van der Waals surface area (Å²) in [6, 6.07) is 0. The first kappa shape index (κ1) is 19.0. The largest absolute Gasteiger partial charge is 0.511 e. The number of ether oxygens (including phenoxy) is 2. The Kier molecular flexibility index (Phi) is 5.15. The first-order chi connectivity index (χ1) is 11.6. The van der Waals surface area contributed by atoms with Crippen molar-refractivity contribution in [3.8, 4) is 0 Å². The van der Waals surface area contributed by atoms with Gasteiger partial charge in [-0.1, -0.05) is 0 Å². The Morgan fingerprint density at radius 1 is 1.48 bits per heavy atom. The topological polar surface area (TPSA) is 68.7 Å². The summed E-state index contributed by atoms with van der Waals surface area (Å²) < 4.78 is 72.2. The van der Waals surface area contributed by atoms with Gasteiger partial charge in [0.15, 0.2) is 0 Å². The molecular weight excluding hydrogens is 381 g/mol. The number of nitrogens with zero attached hydrogens (tertiary/aromatic N) is 2. The van der Waals surface area contributed by atoms with Crippen molar-refractivity contribution >= 4 is 21.4 Å². The van der Waals surface area contributed by atoms with Gasteiger partial charge in [-0.05, 0) is 25.7 Å². The number of alkyl halides is 3. The average Bonchev–Trinajstić information content (AvgIpc) is 3.07. The lowest BCUT2D eigenvalue weighted by molar-refractivity contribution is -0.115. The number of sulfonamides is 1. The molecule has 2 aliphatic rings. The summed E-state index contributed by atoms with van der Waals surface area (Å²) in [5, 5.41) is 2.88. The summed E-state index contributed by atoms with van der Waals surface area (Å²) in [5.41, 5.74) is -5.22. The summed E-state index contributed by atoms with van der Waals surface area (Å²) in [6.45, 7) is 2.66. The Morgan fingerprint density at radius 2 is 2.20 bits per heavy atom. The maximum atomic E-state index is 12.6. The van der Waals surface area contributed by atoms with Crippen LogP contribution in [-0.2, 0) is 26.1 Å². The van der Waals surface area contributed by atoms with Gasteiger partial charge in [-0.15, -0.1) is 11.3 Å². The van der Waals surface area contributed by atoms with E-state index in [1.54, 1.807) is 0 Å². The lowest BCUT2D eigenvalue weighted by Gasteiger charge is -2.49. The highest BCUT2D eigenvalue weighted by molar-refractivity contribution is 7.90. The molecule has 142 valence electrons. The maximum Gasteiger partial charge on any atom is 0.511 e. The molecule has 2 fully saturated rings. The van der Waals surface area contributed by atoms with Crippen molar-refractivity contribution in [2.24, 2.45) is 5.92 Å². The SMILES string of the molecule is Cc1nc(COCC[C@H]2CCOC23CN(S(=O)(=O)C(F)(F)F)C3)cs1. The van der Waals surface area contributed by atoms with Crippen LogP contribution in [0, 0.1) is 12.8 Å². The second kappa shape index (κ2) is 6.76. The summed E-state index contributed by atoms with van der Waals surface area (Å²) in [4.78, 5) is 4.28. The van der Waals surface area contributed by atoms with Crippen LogP contribution in [0.5, 0.6) is 0 Å². The normalized spacial score (nSPS) is 23.9. The van der Waals surface area contributed by atoms with Crippen LogP contribution in [0.2, 0.25) is 0 Å². The van der Waals surface area contributed by atoms with E-state index in [0.717, 1.165) is 10.7 Å². The predicted molar refractivity (Wildman–Crippen MR) is 84.5 cm³/mol. The lowest BCUT2D eigenvalue weighted by atomic mass is 9.80. The quantitative estimate of drug-likeness (QED) is 0.686. The van der Waals surface area contributed by atoms with E-state index in [0.29, 0.717) is 37.0 Å². The van der Waals surface area contributed by atoms with Gasteiger partial charge in [0.2, 0.25) is 0 Å². The molecular formula is C14H19F3N2O4S2. The van der Waals surface area contributed by atoms with Crippen LogP contribution < -0.4 is 0 Å². The standard InChI is InChI=1S/C14H19F3N2O4S2/c1-10-18-12(7-24-10)6-22-4-2-11-3-5-23-13(11)8-19(9-13)25(20,21)14(15,16)17/h7,11H,2-6,8-9H2,1H3/t11-/m0/s1. The van der Waals surface area contributed by atoms with Gasteiger partial charge < -0.3 is 9.47 Å². The van der Waals surface area contributed by atoms with Crippen LogP contribution in [0.25, 0.3) is 0 Å². The van der Waals surface area contributed by atoms with E-state index in [9.17, 15) is 21.6 Å². The Hall–Kier alpha value is -0.750. The molecule has 1 aromatic rings. The van der Waals surface area contributed by atoms with Crippen molar-refractivity contribution < 1.29 is 31.1 Å². The van der Waals surface area contributed by atoms with E-state index in [-0.39, 0.29) is 19.0 Å². The second-order valence-electron chi connectivity index (χ2n) is 6.32. The number of aryl methyl sites for hydroxylation is 1. The predicted octanol–water partition coefficient (Wildman–Crippen LogP) is 2.30. The van der Waals surface area contributed by atoms with Crippen LogP contribution in [0.15, 0.2) is 5.38 Å². The third kappa shape index (κ3) is 3.70. The fourth-order valence-electron chi connectivity index (χ4n) is 3.29. The molecule has 2 saturated heterocycles. The van der Waals surface area contributed by atoms with Gasteiger partial charge in [-0.3, -0.25) is 0 Å². The van der Waals surface area contributed by atoms with Crippen LogP contribution >= 0.6 is 11.3 Å². The molecule has 6 nitrogen and oxygen atoms in total. The third-order valence-electron chi connectivity index (χ3n) is 4.65. The monoisotopic (exact) mass is 400 g/mol. The first-order valence-corrected chi connectivity index (χ1v) is 10.2. The zero-order valence-corrected chi connectivity index (χ0v) is 15.2. The minimum absolute atomic E-state index is 0.00986. The minimum atomic E-state index is -5.27. The number of halogens is 3. The lowest BCUT2D eigenvalue weighted by Crippen LogP contribution is -2.67. The highest BCUT2D eigenvalue weighted by Crippen LogP contribution is 2.44. The van der Waals surface area contributed by atoms with Crippen molar-refractivity contribution in [3.05, 3.63) is 16.1 Å². The fourth-order valence-corrected chi connectivity index (χ4v) is 4.95. The second-order valence-corrected chi connectivity index (χ2v) is 9.31. The molecule has 11 heteroatoms. The zero-order valence-electron chi connectivity index (χ0n) is 13.6. The molecule has 25 heavy (non-hydrogen) atoms. The summed E-state index contributed by atoms with van der Waals surface area (Å²) >= 11 is 1.54. The summed E-state index contributed by atoms with van der Waals surface area (Å²) in [6.07, 6.45) is 1.31. The summed E-state index contributed by atoms with van der Waals surface area (Å²) in [5.74, 6) is -0.00986. The van der Waals surface area contributed by atoms with Gasteiger partial charge in [-0.25, -0.2) is 13.4 Å². The Morgan fingerprint density at radius 3 is 2.80 bits per heavy atom. The number of aromatic nitrogens is 1. The van der Waals surface area contributed by atoms with E-state index in [1.807, 2.05) is 12.3 Å². The van der Waals surface area contributed by atoms with E-state index in [2.05, 4.69) is 4.98 Å². The van der Waals surface area contributed by atoms with Gasteiger partial charge in [0.25, 0.3) is 0 Å². The highest BCUT2D eigenvalue weighted by atomic mass is 32.2. The number of hydrogen-bond acceptors (Lipinski definition) is 6. The van der Waals surface area contributed by atoms with Gasteiger partial charge >= 0.3 is 15.5 Å². The molecule has 1 atom stereocenters. The van der Waals surface area contributed by atoms with Crippen molar-refractivity contribution in [1.82, 2.24) is 9.29 Å². The average molecular weight is 400 g/mol. The van der Waals surface area contributed by atoms with E-state index in [4.69, 9.17) is 9.47 Å². The molecule has 0 bridgehead atoms. The smallest absolute Gasteiger partial charge is 0.375 e. The molecule has 0 aromatic carbocycles. The Labute approximate surface area is 148 Å². The molecule has 2 aliphatic heterocycles. The van der Waals surface area contributed by atoms with Crippen molar-refractivity contribution in [3.63, 3.8) is 0 Å². The van der Waals surface area contributed by atoms with Gasteiger partial charge in [-0.2, -0.15) is 17.5 Å². The van der Waals surface area contributed by atoms with Crippen molar-refractivity contribution in [2.75, 3.05) is 26.3 Å². The van der Waals surface area contributed by atoms with Crippen molar-refractivity contribution in [1.29, 1.82) is 0 Å². The first-order valence-electron chi connectivity index (χ1n) is 7.83. The molecule has 0 N–H and O–H groups in total.